The van der Waals surface area contributed by atoms with Gasteiger partial charge in [-0.05, 0) is 30.7 Å². The molecule has 0 spiro atoms. The van der Waals surface area contributed by atoms with Gasteiger partial charge < -0.3 is 5.32 Å². The number of halogens is 1. The Morgan fingerprint density at radius 1 is 1.22 bits per heavy atom. The first-order valence-corrected chi connectivity index (χ1v) is 5.72. The zero-order chi connectivity index (χ0) is 13.1. The fourth-order valence-electron chi connectivity index (χ4n) is 1.59. The van der Waals surface area contributed by atoms with Gasteiger partial charge in [-0.2, -0.15) is 0 Å². The van der Waals surface area contributed by atoms with Crippen LogP contribution in [0, 0.1) is 17.0 Å². The van der Waals surface area contributed by atoms with Crippen molar-refractivity contribution in [3.63, 3.8) is 0 Å². The quantitative estimate of drug-likeness (QED) is 0.663. The van der Waals surface area contributed by atoms with Crippen LogP contribution in [0.25, 0.3) is 0 Å². The first kappa shape index (κ1) is 12.4. The highest BCUT2D eigenvalue weighted by Gasteiger charge is 2.16. The Balaban J connectivity index is 2.43. The van der Waals surface area contributed by atoms with Gasteiger partial charge in [-0.1, -0.05) is 29.8 Å². The van der Waals surface area contributed by atoms with E-state index < -0.39 is 4.92 Å². The van der Waals surface area contributed by atoms with Gasteiger partial charge in [0.15, 0.2) is 0 Å². The van der Waals surface area contributed by atoms with Crippen LogP contribution >= 0.6 is 11.6 Å². The summed E-state index contributed by atoms with van der Waals surface area (Å²) in [5.41, 5.74) is 1.87. The van der Waals surface area contributed by atoms with Gasteiger partial charge in [-0.3, -0.25) is 10.1 Å². The first-order valence-electron chi connectivity index (χ1n) is 5.34. The SMILES string of the molecule is Cc1cc([N+](=O)[O-])c(Nc2ccccc2)cc1Cl. The van der Waals surface area contributed by atoms with Gasteiger partial charge in [-0.25, -0.2) is 0 Å². The summed E-state index contributed by atoms with van der Waals surface area (Å²) in [5, 5.41) is 14.5. The molecule has 0 aliphatic rings. The summed E-state index contributed by atoms with van der Waals surface area (Å²) >= 11 is 5.99. The van der Waals surface area contributed by atoms with E-state index in [2.05, 4.69) is 5.32 Å². The average molecular weight is 263 g/mol. The minimum atomic E-state index is -0.422. The van der Waals surface area contributed by atoms with Crippen molar-refractivity contribution in [3.05, 3.63) is 63.2 Å². The molecule has 5 heteroatoms. The molecule has 2 aromatic rings. The number of aryl methyl sites for hydroxylation is 1. The molecule has 0 atom stereocenters. The van der Waals surface area contributed by atoms with Gasteiger partial charge in [0.25, 0.3) is 5.69 Å². The molecule has 0 aliphatic heterocycles. The monoisotopic (exact) mass is 262 g/mol. The van der Waals surface area contributed by atoms with Crippen LogP contribution in [0.2, 0.25) is 5.02 Å². The zero-order valence-corrected chi connectivity index (χ0v) is 10.4. The van der Waals surface area contributed by atoms with E-state index in [4.69, 9.17) is 11.6 Å². The van der Waals surface area contributed by atoms with Gasteiger partial charge >= 0.3 is 0 Å². The Kier molecular flexibility index (Phi) is 3.48. The number of benzene rings is 2. The van der Waals surface area contributed by atoms with Crippen LogP contribution in [-0.4, -0.2) is 4.92 Å². The average Bonchev–Trinajstić information content (AvgIpc) is 2.34. The predicted molar refractivity (Wildman–Crippen MR) is 72.6 cm³/mol. The van der Waals surface area contributed by atoms with Crippen molar-refractivity contribution in [1.29, 1.82) is 0 Å². The Labute approximate surface area is 109 Å². The van der Waals surface area contributed by atoms with Crippen molar-refractivity contribution in [2.24, 2.45) is 0 Å². The molecule has 0 saturated heterocycles. The lowest BCUT2D eigenvalue weighted by molar-refractivity contribution is -0.384. The van der Waals surface area contributed by atoms with Crippen LogP contribution in [0.5, 0.6) is 0 Å². The smallest absolute Gasteiger partial charge is 0.293 e. The molecule has 0 amide bonds. The summed E-state index contributed by atoms with van der Waals surface area (Å²) < 4.78 is 0. The number of nitrogens with zero attached hydrogens (tertiary/aromatic N) is 1. The lowest BCUT2D eigenvalue weighted by Crippen LogP contribution is -1.98. The molecule has 92 valence electrons. The standard InChI is InChI=1S/C13H11ClN2O2/c1-9-7-13(16(17)18)12(8-11(9)14)15-10-5-3-2-4-6-10/h2-8,15H,1H3. The van der Waals surface area contributed by atoms with Crippen molar-refractivity contribution >= 4 is 28.7 Å². The van der Waals surface area contributed by atoms with Crippen LogP contribution in [0.1, 0.15) is 5.56 Å². The maximum atomic E-state index is 11.0. The molecular formula is C13H11ClN2O2. The number of nitro groups is 1. The summed E-state index contributed by atoms with van der Waals surface area (Å²) in [4.78, 5) is 10.6. The van der Waals surface area contributed by atoms with E-state index in [9.17, 15) is 10.1 Å². The summed E-state index contributed by atoms with van der Waals surface area (Å²) in [6, 6.07) is 12.3. The molecule has 18 heavy (non-hydrogen) atoms. The van der Waals surface area contributed by atoms with Crippen molar-refractivity contribution in [2.45, 2.75) is 6.92 Å². The molecule has 0 heterocycles. The number of hydrogen-bond donors (Lipinski definition) is 1. The van der Waals surface area contributed by atoms with Crippen molar-refractivity contribution < 1.29 is 4.92 Å². The highest BCUT2D eigenvalue weighted by atomic mass is 35.5. The lowest BCUT2D eigenvalue weighted by Gasteiger charge is -2.08. The first-order chi connectivity index (χ1) is 8.58. The zero-order valence-electron chi connectivity index (χ0n) is 9.68. The largest absolute Gasteiger partial charge is 0.350 e. The summed E-state index contributed by atoms with van der Waals surface area (Å²) in [7, 11) is 0. The van der Waals surface area contributed by atoms with E-state index in [0.29, 0.717) is 16.3 Å². The Morgan fingerprint density at radius 3 is 2.50 bits per heavy atom. The normalized spacial score (nSPS) is 10.1. The fraction of sp³-hybridized carbons (Fsp3) is 0.0769. The van der Waals surface area contributed by atoms with E-state index in [0.717, 1.165) is 5.69 Å². The molecule has 0 aromatic heterocycles. The number of para-hydroxylation sites is 1. The summed E-state index contributed by atoms with van der Waals surface area (Å²) in [6.07, 6.45) is 0. The predicted octanol–water partition coefficient (Wildman–Crippen LogP) is 4.30. The third-order valence-electron chi connectivity index (χ3n) is 2.53. The van der Waals surface area contributed by atoms with Crippen LogP contribution in [0.15, 0.2) is 42.5 Å². The van der Waals surface area contributed by atoms with Crippen molar-refractivity contribution in [3.8, 4) is 0 Å². The van der Waals surface area contributed by atoms with E-state index >= 15 is 0 Å². The second kappa shape index (κ2) is 5.06. The Morgan fingerprint density at radius 2 is 1.89 bits per heavy atom. The molecule has 2 rings (SSSR count). The van der Waals surface area contributed by atoms with E-state index in [1.54, 1.807) is 13.0 Å². The second-order valence-electron chi connectivity index (χ2n) is 3.87. The van der Waals surface area contributed by atoms with Gasteiger partial charge in [0.2, 0.25) is 0 Å². The molecule has 0 fully saturated rings. The Bertz CT molecular complexity index is 585. The lowest BCUT2D eigenvalue weighted by atomic mass is 10.2. The van der Waals surface area contributed by atoms with Crippen molar-refractivity contribution in [2.75, 3.05) is 5.32 Å². The van der Waals surface area contributed by atoms with Gasteiger partial charge in [0, 0.05) is 16.8 Å². The van der Waals surface area contributed by atoms with Crippen LogP contribution in [0.3, 0.4) is 0 Å². The summed E-state index contributed by atoms with van der Waals surface area (Å²) in [6.45, 7) is 1.74. The van der Waals surface area contributed by atoms with E-state index in [1.807, 2.05) is 30.3 Å². The number of nitro benzene ring substituents is 1. The molecule has 2 aromatic carbocycles. The van der Waals surface area contributed by atoms with E-state index in [-0.39, 0.29) is 5.69 Å². The molecule has 4 nitrogen and oxygen atoms in total. The van der Waals surface area contributed by atoms with Crippen LogP contribution in [-0.2, 0) is 0 Å². The van der Waals surface area contributed by atoms with Crippen molar-refractivity contribution in [1.82, 2.24) is 0 Å². The topological polar surface area (TPSA) is 55.2 Å². The van der Waals surface area contributed by atoms with Gasteiger partial charge in [0.1, 0.15) is 5.69 Å². The van der Waals surface area contributed by atoms with Gasteiger partial charge in [-0.15, -0.1) is 0 Å². The number of anilines is 2. The molecule has 0 bridgehead atoms. The molecule has 0 saturated carbocycles. The molecule has 1 N–H and O–H groups in total. The molecular weight excluding hydrogens is 252 g/mol. The van der Waals surface area contributed by atoms with Gasteiger partial charge in [0.05, 0.1) is 4.92 Å². The maximum Gasteiger partial charge on any atom is 0.293 e. The second-order valence-corrected chi connectivity index (χ2v) is 4.27. The number of hydrogen-bond acceptors (Lipinski definition) is 3. The Hall–Kier alpha value is -2.07. The highest BCUT2D eigenvalue weighted by molar-refractivity contribution is 6.31. The molecule has 0 unspecified atom stereocenters. The highest BCUT2D eigenvalue weighted by Crippen LogP contribution is 2.32. The third kappa shape index (κ3) is 2.60. The summed E-state index contributed by atoms with van der Waals surface area (Å²) in [5.74, 6) is 0. The van der Waals surface area contributed by atoms with Crippen LogP contribution < -0.4 is 5.32 Å². The molecule has 0 aliphatic carbocycles. The number of nitrogens with one attached hydrogen (secondary N) is 1. The van der Waals surface area contributed by atoms with E-state index in [1.165, 1.54) is 6.07 Å². The maximum absolute atomic E-state index is 11.0. The van der Waals surface area contributed by atoms with Crippen LogP contribution in [0.4, 0.5) is 17.1 Å². The number of rotatable bonds is 3. The molecule has 0 radical (unpaired) electrons. The fourth-order valence-corrected chi connectivity index (χ4v) is 1.76. The third-order valence-corrected chi connectivity index (χ3v) is 2.93. The minimum Gasteiger partial charge on any atom is -0.350 e. The minimum absolute atomic E-state index is 0.0146.